The number of fused-ring (bicyclic) bond motifs is 1. The van der Waals surface area contributed by atoms with E-state index in [-0.39, 0.29) is 17.3 Å². The van der Waals surface area contributed by atoms with E-state index in [1.165, 1.54) is 25.3 Å². The molecule has 0 spiro atoms. The first-order chi connectivity index (χ1) is 14.8. The summed E-state index contributed by atoms with van der Waals surface area (Å²) in [5.41, 5.74) is 3.86. The first kappa shape index (κ1) is 22.0. The molecule has 1 saturated heterocycles. The van der Waals surface area contributed by atoms with Gasteiger partial charge < -0.3 is 4.90 Å². The molecule has 0 bridgehead atoms. The maximum absolute atomic E-state index is 12.9. The summed E-state index contributed by atoms with van der Waals surface area (Å²) in [6.07, 6.45) is 3.23. The number of rotatable bonds is 6. The van der Waals surface area contributed by atoms with Crippen molar-refractivity contribution in [3.8, 4) is 0 Å². The van der Waals surface area contributed by atoms with Gasteiger partial charge in [-0.3, -0.25) is 9.69 Å². The molecule has 1 amide bonds. The van der Waals surface area contributed by atoms with Gasteiger partial charge in [-0.25, -0.2) is 13.1 Å². The van der Waals surface area contributed by atoms with Gasteiger partial charge in [0.05, 0.1) is 4.90 Å². The molecule has 2 aliphatic heterocycles. The van der Waals surface area contributed by atoms with Gasteiger partial charge in [-0.05, 0) is 67.1 Å². The van der Waals surface area contributed by atoms with E-state index >= 15 is 0 Å². The Morgan fingerprint density at radius 3 is 2.55 bits per heavy atom. The Kier molecular flexibility index (Phi) is 6.46. The van der Waals surface area contributed by atoms with Crippen LogP contribution < -0.4 is 9.62 Å². The number of carbonyl (C=O) groups is 1. The Bertz CT molecular complexity index is 1060. The average molecular weight is 442 g/mol. The maximum Gasteiger partial charge on any atom is 0.240 e. The molecule has 2 heterocycles. The van der Waals surface area contributed by atoms with E-state index in [1.807, 2.05) is 18.2 Å². The van der Waals surface area contributed by atoms with Crippen LogP contribution in [0.25, 0.3) is 0 Å². The van der Waals surface area contributed by atoms with Crippen LogP contribution in [0.2, 0.25) is 0 Å². The van der Waals surface area contributed by atoms with Crippen molar-refractivity contribution >= 4 is 21.6 Å². The second kappa shape index (κ2) is 9.10. The third kappa shape index (κ3) is 5.17. The largest absolute Gasteiger partial charge is 0.312 e. The van der Waals surface area contributed by atoms with Crippen LogP contribution in [-0.4, -0.2) is 38.9 Å². The average Bonchev–Trinajstić information content (AvgIpc) is 3.18. The number of anilines is 1. The minimum absolute atomic E-state index is 0.0683. The Morgan fingerprint density at radius 2 is 1.81 bits per heavy atom. The molecule has 0 atom stereocenters. The van der Waals surface area contributed by atoms with Crippen molar-refractivity contribution in [1.29, 1.82) is 0 Å². The molecule has 4 rings (SSSR count). The number of carbonyl (C=O) groups excluding carboxylic acids is 1. The van der Waals surface area contributed by atoms with Crippen LogP contribution in [-0.2, 0) is 34.3 Å². The van der Waals surface area contributed by atoms with Gasteiger partial charge in [0.25, 0.3) is 0 Å². The Hall–Kier alpha value is -2.22. The zero-order chi connectivity index (χ0) is 22.0. The highest BCUT2D eigenvalue weighted by molar-refractivity contribution is 7.89. The molecule has 2 aromatic rings. The summed E-state index contributed by atoms with van der Waals surface area (Å²) in [4.78, 5) is 16.1. The summed E-state index contributed by atoms with van der Waals surface area (Å²) >= 11 is 0. The molecule has 0 aromatic heterocycles. The summed E-state index contributed by atoms with van der Waals surface area (Å²) < 4.78 is 28.5. The van der Waals surface area contributed by atoms with Crippen LogP contribution in [0, 0.1) is 5.92 Å². The number of hydrogen-bond donors (Lipinski definition) is 1. The lowest BCUT2D eigenvalue weighted by Gasteiger charge is -2.30. The van der Waals surface area contributed by atoms with Crippen molar-refractivity contribution in [3.63, 3.8) is 0 Å². The second-order valence-electron chi connectivity index (χ2n) is 8.81. The summed E-state index contributed by atoms with van der Waals surface area (Å²) in [5.74, 6) is 0.736. The topological polar surface area (TPSA) is 69.7 Å². The fourth-order valence-electron chi connectivity index (χ4n) is 4.43. The van der Waals surface area contributed by atoms with Crippen molar-refractivity contribution < 1.29 is 13.2 Å². The maximum atomic E-state index is 12.9. The van der Waals surface area contributed by atoms with Crippen molar-refractivity contribution in [2.45, 2.75) is 51.1 Å². The van der Waals surface area contributed by atoms with Gasteiger partial charge in [0.1, 0.15) is 0 Å². The standard InChI is InChI=1S/C24H31N3O3S/c1-18-8-11-26(12-9-18)17-21-5-3-4-20(14-21)16-25-31(29,30)23-7-6-22-10-13-27(19(2)28)24(22)15-23/h3-7,14-15,18,25H,8-13,16-17H2,1-2H3. The highest BCUT2D eigenvalue weighted by Gasteiger charge is 2.25. The number of benzene rings is 2. The van der Waals surface area contributed by atoms with E-state index in [9.17, 15) is 13.2 Å². The Labute approximate surface area is 185 Å². The number of nitrogens with one attached hydrogen (secondary N) is 1. The number of piperidine rings is 1. The smallest absolute Gasteiger partial charge is 0.240 e. The lowest BCUT2D eigenvalue weighted by molar-refractivity contribution is -0.116. The Balaban J connectivity index is 1.42. The van der Waals surface area contributed by atoms with Gasteiger partial charge in [0.2, 0.25) is 15.9 Å². The number of amides is 1. The van der Waals surface area contributed by atoms with Crippen LogP contribution in [0.4, 0.5) is 5.69 Å². The van der Waals surface area contributed by atoms with Gasteiger partial charge in [0, 0.05) is 32.2 Å². The van der Waals surface area contributed by atoms with E-state index in [1.54, 1.807) is 17.0 Å². The summed E-state index contributed by atoms with van der Waals surface area (Å²) in [7, 11) is -3.67. The molecule has 0 unspecified atom stereocenters. The summed E-state index contributed by atoms with van der Waals surface area (Å²) in [6, 6.07) is 13.2. The molecule has 2 aromatic carbocycles. The zero-order valence-electron chi connectivity index (χ0n) is 18.3. The highest BCUT2D eigenvalue weighted by atomic mass is 32.2. The first-order valence-corrected chi connectivity index (χ1v) is 12.5. The van der Waals surface area contributed by atoms with E-state index in [2.05, 4.69) is 28.7 Å². The van der Waals surface area contributed by atoms with Crippen LogP contribution in [0.1, 0.15) is 43.4 Å². The molecular formula is C24H31N3O3S. The second-order valence-corrected chi connectivity index (χ2v) is 10.6. The first-order valence-electron chi connectivity index (χ1n) is 11.0. The van der Waals surface area contributed by atoms with E-state index in [4.69, 9.17) is 0 Å². The molecule has 1 N–H and O–H groups in total. The normalized spacial score (nSPS) is 17.7. The minimum atomic E-state index is -3.67. The van der Waals surface area contributed by atoms with Crippen molar-refractivity contribution in [1.82, 2.24) is 9.62 Å². The van der Waals surface area contributed by atoms with Gasteiger partial charge in [-0.2, -0.15) is 0 Å². The number of likely N-dealkylation sites (tertiary alicyclic amines) is 1. The van der Waals surface area contributed by atoms with Crippen molar-refractivity contribution in [3.05, 3.63) is 59.2 Å². The van der Waals surface area contributed by atoms with Crippen molar-refractivity contribution in [2.75, 3.05) is 24.5 Å². The molecule has 166 valence electrons. The zero-order valence-corrected chi connectivity index (χ0v) is 19.1. The van der Waals surface area contributed by atoms with Gasteiger partial charge in [-0.1, -0.05) is 37.3 Å². The quantitative estimate of drug-likeness (QED) is 0.747. The molecule has 7 heteroatoms. The fraction of sp³-hybridized carbons (Fsp3) is 0.458. The number of sulfonamides is 1. The summed E-state index contributed by atoms with van der Waals surface area (Å²) in [5, 5.41) is 0. The van der Waals surface area contributed by atoms with E-state index < -0.39 is 10.0 Å². The fourth-order valence-corrected chi connectivity index (χ4v) is 5.47. The summed E-state index contributed by atoms with van der Waals surface area (Å²) in [6.45, 7) is 7.79. The highest BCUT2D eigenvalue weighted by Crippen LogP contribution is 2.30. The van der Waals surface area contributed by atoms with Crippen LogP contribution in [0.3, 0.4) is 0 Å². The third-order valence-corrected chi connectivity index (χ3v) is 7.78. The monoisotopic (exact) mass is 441 g/mol. The molecule has 2 aliphatic rings. The predicted molar refractivity (Wildman–Crippen MR) is 122 cm³/mol. The number of hydrogen-bond acceptors (Lipinski definition) is 4. The van der Waals surface area contributed by atoms with Gasteiger partial charge in [0.15, 0.2) is 0 Å². The van der Waals surface area contributed by atoms with Crippen LogP contribution >= 0.6 is 0 Å². The molecule has 6 nitrogen and oxygen atoms in total. The minimum Gasteiger partial charge on any atom is -0.312 e. The molecule has 31 heavy (non-hydrogen) atoms. The molecule has 0 saturated carbocycles. The molecule has 0 aliphatic carbocycles. The van der Waals surface area contributed by atoms with Crippen LogP contribution in [0.5, 0.6) is 0 Å². The number of nitrogens with zero attached hydrogens (tertiary/aromatic N) is 2. The van der Waals surface area contributed by atoms with E-state index in [0.717, 1.165) is 43.1 Å². The molecular weight excluding hydrogens is 410 g/mol. The van der Waals surface area contributed by atoms with Crippen LogP contribution in [0.15, 0.2) is 47.4 Å². The van der Waals surface area contributed by atoms with Gasteiger partial charge >= 0.3 is 0 Å². The van der Waals surface area contributed by atoms with E-state index in [0.29, 0.717) is 12.2 Å². The van der Waals surface area contributed by atoms with Crippen molar-refractivity contribution in [2.24, 2.45) is 5.92 Å². The predicted octanol–water partition coefficient (Wildman–Crippen LogP) is 3.31. The van der Waals surface area contributed by atoms with Gasteiger partial charge in [-0.15, -0.1) is 0 Å². The lowest BCUT2D eigenvalue weighted by Crippen LogP contribution is -2.32. The molecule has 0 radical (unpaired) electrons. The third-order valence-electron chi connectivity index (χ3n) is 6.38. The lowest BCUT2D eigenvalue weighted by atomic mass is 9.98. The Morgan fingerprint density at radius 1 is 1.06 bits per heavy atom. The molecule has 1 fully saturated rings. The SMILES string of the molecule is CC(=O)N1CCc2ccc(S(=O)(=O)NCc3cccc(CN4CCC(C)CC4)c3)cc21.